The summed E-state index contributed by atoms with van der Waals surface area (Å²) in [6.45, 7) is 35.9. The van der Waals surface area contributed by atoms with Gasteiger partial charge in [-0.3, -0.25) is 19.2 Å². The van der Waals surface area contributed by atoms with Crippen molar-refractivity contribution in [2.45, 2.75) is 102 Å². The average molecular weight is 786 g/mol. The van der Waals surface area contributed by atoms with E-state index in [1.54, 1.807) is 38.3 Å². The Labute approximate surface area is 332 Å². The van der Waals surface area contributed by atoms with Crippen molar-refractivity contribution in [2.75, 3.05) is 60.8 Å². The molecule has 55 heavy (non-hydrogen) atoms. The lowest BCUT2D eigenvalue weighted by Crippen LogP contribution is -2.27. The van der Waals surface area contributed by atoms with Gasteiger partial charge < -0.3 is 33.3 Å². The van der Waals surface area contributed by atoms with Crippen molar-refractivity contribution in [1.82, 2.24) is 4.90 Å². The first-order valence-electron chi connectivity index (χ1n) is 18.4. The van der Waals surface area contributed by atoms with E-state index in [2.05, 4.69) is 35.8 Å². The van der Waals surface area contributed by atoms with Gasteiger partial charge in [0.05, 0.1) is 22.9 Å². The molecular formula is C42H75NO12. The zero-order valence-electron chi connectivity index (χ0n) is 36.6. The number of hydrogen-bond donors (Lipinski definition) is 0. The van der Waals surface area contributed by atoms with Crippen LogP contribution in [0.15, 0.2) is 50.6 Å². The third-order valence-corrected chi connectivity index (χ3v) is 7.87. The number of rotatable bonds is 20. The maximum atomic E-state index is 11.3. The van der Waals surface area contributed by atoms with Crippen LogP contribution in [0.2, 0.25) is 0 Å². The molecule has 13 heteroatoms. The Morgan fingerprint density at radius 3 is 1.09 bits per heavy atom. The van der Waals surface area contributed by atoms with Crippen LogP contribution in [0.3, 0.4) is 0 Å². The van der Waals surface area contributed by atoms with Crippen LogP contribution in [-0.4, -0.2) is 102 Å². The van der Waals surface area contributed by atoms with E-state index in [-0.39, 0.29) is 59.2 Å². The molecule has 0 fully saturated rings. The number of methoxy groups -OCH3 is 1. The molecule has 1 unspecified atom stereocenters. The fourth-order valence-electron chi connectivity index (χ4n) is 2.52. The minimum atomic E-state index is -0.537. The molecule has 0 aromatic rings. The second-order valence-electron chi connectivity index (χ2n) is 13.9. The van der Waals surface area contributed by atoms with Gasteiger partial charge in [0.1, 0.15) is 33.0 Å². The smallest absolute Gasteiger partial charge is 0.330 e. The predicted molar refractivity (Wildman–Crippen MR) is 218 cm³/mol. The fourth-order valence-corrected chi connectivity index (χ4v) is 2.52. The fraction of sp³-hybridized carbons (Fsp3) is 0.667. The van der Waals surface area contributed by atoms with Crippen molar-refractivity contribution >= 4 is 35.8 Å². The summed E-state index contributed by atoms with van der Waals surface area (Å²) in [5.41, 5.74) is -1.08. The first-order chi connectivity index (χ1) is 25.4. The molecule has 0 bridgehead atoms. The van der Waals surface area contributed by atoms with Gasteiger partial charge in [-0.05, 0) is 67.2 Å². The second-order valence-corrected chi connectivity index (χ2v) is 13.9. The van der Waals surface area contributed by atoms with Crippen LogP contribution < -0.4 is 0 Å². The topological polar surface area (TPSA) is 161 Å². The third kappa shape index (κ3) is 35.2. The van der Waals surface area contributed by atoms with Gasteiger partial charge in [-0.25, -0.2) is 9.59 Å². The van der Waals surface area contributed by atoms with Gasteiger partial charge in [0.2, 0.25) is 5.91 Å². The van der Waals surface area contributed by atoms with Crippen molar-refractivity contribution in [3.63, 3.8) is 0 Å². The Bertz CT molecular complexity index is 1080. The molecule has 0 rings (SSSR count). The lowest BCUT2D eigenvalue weighted by molar-refractivity contribution is -0.155. The van der Waals surface area contributed by atoms with Gasteiger partial charge >= 0.3 is 29.8 Å². The molecule has 0 heterocycles. The van der Waals surface area contributed by atoms with Crippen LogP contribution in [0.4, 0.5) is 0 Å². The van der Waals surface area contributed by atoms with E-state index in [1.807, 2.05) is 76.2 Å². The second kappa shape index (κ2) is 35.4. The minimum Gasteiger partial charge on any atom is -0.463 e. The molecule has 1 amide bonds. The maximum absolute atomic E-state index is 11.3. The maximum Gasteiger partial charge on any atom is 0.330 e. The lowest BCUT2D eigenvalue weighted by atomic mass is 9.91. The largest absolute Gasteiger partial charge is 0.463 e. The molecular weight excluding hydrogens is 710 g/mol. The molecule has 1 atom stereocenters. The number of carbonyl (C=O) groups is 6. The molecule has 0 aliphatic carbocycles. The first-order valence-corrected chi connectivity index (χ1v) is 18.4. The molecule has 0 radical (unpaired) electrons. The van der Waals surface area contributed by atoms with Crippen LogP contribution in [0.5, 0.6) is 0 Å². The normalized spacial score (nSPS) is 10.7. The summed E-state index contributed by atoms with van der Waals surface area (Å²) in [6, 6.07) is 0. The van der Waals surface area contributed by atoms with Crippen LogP contribution in [0.25, 0.3) is 0 Å². The lowest BCUT2D eigenvalue weighted by Gasteiger charge is -2.19. The van der Waals surface area contributed by atoms with Crippen molar-refractivity contribution in [3.8, 4) is 0 Å². The number of hydrogen-bond acceptors (Lipinski definition) is 12. The number of nitrogens with zero attached hydrogens (tertiary/aromatic N) is 1. The Balaban J connectivity index is -0.000000190. The zero-order chi connectivity index (χ0) is 44.3. The summed E-state index contributed by atoms with van der Waals surface area (Å²) in [5, 5.41) is 0. The molecule has 0 aliphatic heterocycles. The van der Waals surface area contributed by atoms with Gasteiger partial charge in [0, 0.05) is 39.3 Å². The molecule has 320 valence electrons. The molecule has 0 spiro atoms. The van der Waals surface area contributed by atoms with Crippen molar-refractivity contribution in [3.05, 3.63) is 50.6 Å². The highest BCUT2D eigenvalue weighted by Gasteiger charge is 2.28. The Hall–Kier alpha value is -4.26. The van der Waals surface area contributed by atoms with Crippen molar-refractivity contribution < 1.29 is 57.2 Å². The molecule has 0 saturated heterocycles. The average Bonchev–Trinajstić information content (AvgIpc) is 3.17. The quantitative estimate of drug-likeness (QED) is 0.0394. The summed E-state index contributed by atoms with van der Waals surface area (Å²) in [6.07, 6.45) is 8.53. The van der Waals surface area contributed by atoms with E-state index in [4.69, 9.17) is 18.9 Å². The molecule has 0 saturated carbocycles. The standard InChI is InChI=1S/C9H18O3.2C9H16O2.C8H10O4.C7H15NO/c1-5-9(2,3)8(10)12-7-6-11-4;2*1-5-7-11-8(10)9(3,4)6-2;1-3-7(9)11-5-6-12-8(10)4-2;1-5-6(2)7(9)8(3)4/h5-7H2,1-4H3;2*5H,1,6-7H2,2-4H3;3-4H,1-2,5-6H2;6H,5H2,1-4H3. The SMILES string of the molecule is C=CC(=O)OCCOC(=O)C=C.C=CCOC(=O)C(C)(C)CC.C=CCOC(=O)C(C)(C)CC.CCC(C)(C)C(=O)OCCOC.CCC(C)C(=O)N(C)C. The zero-order valence-corrected chi connectivity index (χ0v) is 36.6. The summed E-state index contributed by atoms with van der Waals surface area (Å²) in [7, 11) is 5.15. The number of amides is 1. The van der Waals surface area contributed by atoms with Crippen molar-refractivity contribution in [2.24, 2.45) is 22.2 Å². The highest BCUT2D eigenvalue weighted by Crippen LogP contribution is 2.22. The summed E-state index contributed by atoms with van der Waals surface area (Å²) < 4.78 is 28.6. The highest BCUT2D eigenvalue weighted by atomic mass is 16.6. The van der Waals surface area contributed by atoms with Crippen LogP contribution in [0, 0.1) is 22.2 Å². The molecule has 0 aromatic heterocycles. The van der Waals surface area contributed by atoms with E-state index in [0.717, 1.165) is 37.8 Å². The van der Waals surface area contributed by atoms with E-state index in [1.165, 1.54) is 0 Å². The molecule has 0 aliphatic rings. The Kier molecular flexibility index (Phi) is 38.7. The predicted octanol–water partition coefficient (Wildman–Crippen LogP) is 7.48. The first kappa shape index (κ1) is 60.0. The van der Waals surface area contributed by atoms with E-state index < -0.39 is 11.9 Å². The number of carbonyl (C=O) groups excluding carboxylic acids is 6. The minimum absolute atomic E-state index is 0.0322. The molecule has 0 N–H and O–H groups in total. The molecule has 13 nitrogen and oxygen atoms in total. The van der Waals surface area contributed by atoms with E-state index in [0.29, 0.717) is 26.4 Å². The van der Waals surface area contributed by atoms with Gasteiger partial charge in [0.25, 0.3) is 0 Å². The van der Waals surface area contributed by atoms with Gasteiger partial charge in [-0.2, -0.15) is 0 Å². The van der Waals surface area contributed by atoms with Gasteiger partial charge in [-0.1, -0.05) is 73.1 Å². The van der Waals surface area contributed by atoms with Crippen LogP contribution in [-0.2, 0) is 57.2 Å². The molecule has 0 aromatic carbocycles. The van der Waals surface area contributed by atoms with Gasteiger partial charge in [0.15, 0.2) is 0 Å². The monoisotopic (exact) mass is 786 g/mol. The van der Waals surface area contributed by atoms with Gasteiger partial charge in [-0.15, -0.1) is 0 Å². The van der Waals surface area contributed by atoms with Crippen molar-refractivity contribution in [1.29, 1.82) is 0 Å². The van der Waals surface area contributed by atoms with E-state index in [9.17, 15) is 28.8 Å². The van der Waals surface area contributed by atoms with Crippen LogP contribution in [0.1, 0.15) is 102 Å². The highest BCUT2D eigenvalue weighted by molar-refractivity contribution is 5.82. The number of ether oxygens (including phenoxy) is 6. The Morgan fingerprint density at radius 2 is 0.873 bits per heavy atom. The summed E-state index contributed by atoms with van der Waals surface area (Å²) in [5.74, 6) is -1.13. The summed E-state index contributed by atoms with van der Waals surface area (Å²) >= 11 is 0. The number of esters is 5. The summed E-state index contributed by atoms with van der Waals surface area (Å²) in [4.78, 5) is 67.1. The Morgan fingerprint density at radius 1 is 0.564 bits per heavy atom. The third-order valence-electron chi connectivity index (χ3n) is 7.87. The van der Waals surface area contributed by atoms with Crippen LogP contribution >= 0.6 is 0 Å². The van der Waals surface area contributed by atoms with E-state index >= 15 is 0 Å².